The first kappa shape index (κ1) is 20.8. The average Bonchev–Trinajstić information content (AvgIpc) is 3.36. The molecule has 1 aromatic carbocycles. The fourth-order valence-corrected chi connectivity index (χ4v) is 4.38. The van der Waals surface area contributed by atoms with Gasteiger partial charge in [0.1, 0.15) is 11.6 Å². The molecule has 1 aliphatic rings. The van der Waals surface area contributed by atoms with Gasteiger partial charge >= 0.3 is 0 Å². The van der Waals surface area contributed by atoms with E-state index in [0.717, 1.165) is 4.31 Å². The van der Waals surface area contributed by atoms with Crippen molar-refractivity contribution in [2.45, 2.75) is 17.2 Å². The number of carbonyl (C=O) groups excluding carboxylic acids is 2. The van der Waals surface area contributed by atoms with E-state index in [4.69, 9.17) is 4.42 Å². The van der Waals surface area contributed by atoms with Gasteiger partial charge in [-0.25, -0.2) is 12.7 Å². The summed E-state index contributed by atoms with van der Waals surface area (Å²) >= 11 is 0. The zero-order chi connectivity index (χ0) is 22.3. The molecule has 0 saturated heterocycles. The minimum Gasteiger partial charge on any atom is -0.469 e. The number of hydrogen-bond donors (Lipinski definition) is 2. The molecule has 1 aliphatic heterocycles. The summed E-state index contributed by atoms with van der Waals surface area (Å²) < 4.78 is 32.5. The van der Waals surface area contributed by atoms with Crippen LogP contribution in [0.5, 0.6) is 0 Å². The molecule has 0 aliphatic carbocycles. The minimum absolute atomic E-state index is 0.0878. The van der Waals surface area contributed by atoms with E-state index < -0.39 is 21.8 Å². The molecule has 2 aromatic heterocycles. The van der Waals surface area contributed by atoms with Crippen LogP contribution in [-0.2, 0) is 21.9 Å². The Hall–Kier alpha value is -3.44. The number of sulfonamides is 1. The van der Waals surface area contributed by atoms with Crippen LogP contribution in [0.2, 0.25) is 0 Å². The quantitative estimate of drug-likeness (QED) is 0.621. The molecule has 1 unspecified atom stereocenters. The van der Waals surface area contributed by atoms with E-state index >= 15 is 0 Å². The van der Waals surface area contributed by atoms with Crippen LogP contribution in [0.3, 0.4) is 0 Å². The lowest BCUT2D eigenvalue weighted by molar-refractivity contribution is -0.116. The van der Waals surface area contributed by atoms with E-state index in [0.29, 0.717) is 23.0 Å². The monoisotopic (exact) mass is 443 g/mol. The van der Waals surface area contributed by atoms with Gasteiger partial charge in [-0.15, -0.1) is 0 Å². The number of rotatable bonds is 5. The third-order valence-corrected chi connectivity index (χ3v) is 6.92. The van der Waals surface area contributed by atoms with Crippen LogP contribution in [0.15, 0.2) is 52.0 Å². The second kappa shape index (κ2) is 7.67. The highest BCUT2D eigenvalue weighted by Gasteiger charge is 2.35. The molecule has 0 saturated carbocycles. The van der Waals surface area contributed by atoms with Crippen molar-refractivity contribution in [3.05, 3.63) is 59.5 Å². The number of nitrogens with one attached hydrogen (secondary N) is 2. The van der Waals surface area contributed by atoms with Crippen molar-refractivity contribution >= 4 is 33.5 Å². The maximum absolute atomic E-state index is 12.8. The number of fused-ring (bicyclic) bond motifs is 1. The summed E-state index contributed by atoms with van der Waals surface area (Å²) in [7, 11) is 0.955. The van der Waals surface area contributed by atoms with E-state index in [9.17, 15) is 18.0 Å². The number of carbonyl (C=O) groups is 2. The first-order chi connectivity index (χ1) is 14.7. The highest BCUT2D eigenvalue weighted by Crippen LogP contribution is 2.41. The zero-order valence-corrected chi connectivity index (χ0v) is 17.9. The maximum atomic E-state index is 12.8. The average molecular weight is 443 g/mol. The Bertz CT molecular complexity index is 1240. The molecule has 162 valence electrons. The predicted octanol–water partition coefficient (Wildman–Crippen LogP) is 1.99. The molecular formula is C20H21N5O5S. The minimum atomic E-state index is -3.59. The lowest BCUT2D eigenvalue weighted by Gasteiger charge is -2.22. The summed E-state index contributed by atoms with van der Waals surface area (Å²) in [5.41, 5.74) is 0.920. The van der Waals surface area contributed by atoms with Gasteiger partial charge in [-0.2, -0.15) is 5.10 Å². The highest BCUT2D eigenvalue weighted by atomic mass is 32.2. The normalized spacial score (nSPS) is 16.1. The van der Waals surface area contributed by atoms with Crippen molar-refractivity contribution < 1.29 is 22.4 Å². The number of furan rings is 1. The van der Waals surface area contributed by atoms with Crippen LogP contribution in [-0.4, -0.2) is 48.4 Å². The molecule has 0 radical (unpaired) electrons. The van der Waals surface area contributed by atoms with Gasteiger partial charge in [-0.3, -0.25) is 14.3 Å². The topological polar surface area (TPSA) is 127 Å². The second-order valence-corrected chi connectivity index (χ2v) is 9.47. The van der Waals surface area contributed by atoms with Crippen molar-refractivity contribution in [1.82, 2.24) is 14.1 Å². The largest absolute Gasteiger partial charge is 0.469 e. The number of nitrogens with zero attached hydrogens (tertiary/aromatic N) is 3. The summed E-state index contributed by atoms with van der Waals surface area (Å²) in [6.45, 7) is 0. The Morgan fingerprint density at radius 3 is 2.58 bits per heavy atom. The molecule has 3 heterocycles. The Labute approximate surface area is 178 Å². The number of anilines is 2. The molecular weight excluding hydrogens is 422 g/mol. The van der Waals surface area contributed by atoms with Crippen molar-refractivity contribution in [2.24, 2.45) is 7.05 Å². The molecule has 10 nitrogen and oxygen atoms in total. The smallest absolute Gasteiger partial charge is 0.256 e. The fourth-order valence-electron chi connectivity index (χ4n) is 3.48. The van der Waals surface area contributed by atoms with E-state index in [2.05, 4.69) is 15.7 Å². The summed E-state index contributed by atoms with van der Waals surface area (Å²) in [5, 5.41) is 9.91. The van der Waals surface area contributed by atoms with Crippen LogP contribution in [0.1, 0.15) is 34.0 Å². The Kier molecular flexibility index (Phi) is 5.15. The molecule has 3 aromatic rings. The third kappa shape index (κ3) is 3.73. The molecule has 2 amide bonds. The molecule has 4 rings (SSSR count). The number of aryl methyl sites for hydroxylation is 1. The van der Waals surface area contributed by atoms with Crippen LogP contribution < -0.4 is 10.6 Å². The van der Waals surface area contributed by atoms with E-state index in [1.54, 1.807) is 19.2 Å². The standard InChI is InChI=1S/C20H21N5O5S/c1-24(2)31(28,29)13-8-6-12(7-9-13)20(27)22-18-17-14(15-5-4-10-30-15)11-16(26)21-19(17)25(3)23-18/h4-10,14H,11H2,1-3H3,(H,21,26)(H,22,23,27). The maximum Gasteiger partial charge on any atom is 0.256 e. The molecule has 2 N–H and O–H groups in total. The molecule has 11 heteroatoms. The SMILES string of the molecule is CN(C)S(=O)(=O)c1ccc(C(=O)Nc2nn(C)c3c2C(c2ccco2)CC(=O)N3)cc1. The number of hydrogen-bond acceptors (Lipinski definition) is 6. The van der Waals surface area contributed by atoms with Gasteiger partial charge in [0.15, 0.2) is 5.82 Å². The van der Waals surface area contributed by atoms with Crippen LogP contribution in [0.25, 0.3) is 0 Å². The van der Waals surface area contributed by atoms with Gasteiger partial charge in [0, 0.05) is 33.1 Å². The first-order valence-electron chi connectivity index (χ1n) is 9.42. The molecule has 31 heavy (non-hydrogen) atoms. The second-order valence-electron chi connectivity index (χ2n) is 7.32. The first-order valence-corrected chi connectivity index (χ1v) is 10.9. The highest BCUT2D eigenvalue weighted by molar-refractivity contribution is 7.89. The van der Waals surface area contributed by atoms with Gasteiger partial charge in [0.25, 0.3) is 5.91 Å². The van der Waals surface area contributed by atoms with Gasteiger partial charge < -0.3 is 15.1 Å². The number of benzene rings is 1. The van der Waals surface area contributed by atoms with Crippen molar-refractivity contribution in [2.75, 3.05) is 24.7 Å². The Balaban J connectivity index is 1.64. The Morgan fingerprint density at radius 2 is 1.97 bits per heavy atom. The predicted molar refractivity (Wildman–Crippen MR) is 112 cm³/mol. The molecule has 0 fully saturated rings. The summed E-state index contributed by atoms with van der Waals surface area (Å²) in [6, 6.07) is 9.14. The lowest BCUT2D eigenvalue weighted by atomic mass is 9.91. The fraction of sp³-hybridized carbons (Fsp3) is 0.250. The van der Waals surface area contributed by atoms with Crippen LogP contribution in [0.4, 0.5) is 11.6 Å². The molecule has 0 bridgehead atoms. The van der Waals surface area contributed by atoms with Crippen molar-refractivity contribution in [3.63, 3.8) is 0 Å². The van der Waals surface area contributed by atoms with Crippen LogP contribution in [0, 0.1) is 0 Å². The number of aromatic nitrogens is 2. The van der Waals surface area contributed by atoms with Crippen molar-refractivity contribution in [3.8, 4) is 0 Å². The molecule has 1 atom stereocenters. The van der Waals surface area contributed by atoms with Gasteiger partial charge in [-0.05, 0) is 36.4 Å². The molecule has 0 spiro atoms. The van der Waals surface area contributed by atoms with Crippen LogP contribution >= 0.6 is 0 Å². The summed E-state index contributed by atoms with van der Waals surface area (Å²) in [6.07, 6.45) is 1.69. The van der Waals surface area contributed by atoms with E-state index in [1.165, 1.54) is 49.3 Å². The Morgan fingerprint density at radius 1 is 1.26 bits per heavy atom. The summed E-state index contributed by atoms with van der Waals surface area (Å²) in [4.78, 5) is 25.1. The lowest BCUT2D eigenvalue weighted by Crippen LogP contribution is -2.25. The third-order valence-electron chi connectivity index (χ3n) is 5.09. The zero-order valence-electron chi connectivity index (χ0n) is 17.1. The number of amides is 2. The van der Waals surface area contributed by atoms with E-state index in [-0.39, 0.29) is 22.8 Å². The van der Waals surface area contributed by atoms with Gasteiger partial charge in [0.05, 0.1) is 22.6 Å². The van der Waals surface area contributed by atoms with E-state index in [1.807, 2.05) is 0 Å². The van der Waals surface area contributed by atoms with Crippen molar-refractivity contribution in [1.29, 1.82) is 0 Å². The van der Waals surface area contributed by atoms with Gasteiger partial charge in [-0.1, -0.05) is 0 Å². The van der Waals surface area contributed by atoms with Gasteiger partial charge in [0.2, 0.25) is 15.9 Å². The summed E-state index contributed by atoms with van der Waals surface area (Å²) in [5.74, 6) is 0.361.